The van der Waals surface area contributed by atoms with Crippen LogP contribution in [0, 0.1) is 5.92 Å². The van der Waals surface area contributed by atoms with Gasteiger partial charge in [0.25, 0.3) is 0 Å². The van der Waals surface area contributed by atoms with Gasteiger partial charge in [-0.3, -0.25) is 4.79 Å². The van der Waals surface area contributed by atoms with E-state index < -0.39 is 11.7 Å². The first-order valence-corrected chi connectivity index (χ1v) is 7.47. The van der Waals surface area contributed by atoms with Crippen LogP contribution in [-0.2, 0) is 11.0 Å². The van der Waals surface area contributed by atoms with E-state index in [-0.39, 0.29) is 17.5 Å². The number of halogens is 5. The van der Waals surface area contributed by atoms with Crippen LogP contribution in [0.25, 0.3) is 0 Å². The number of rotatable bonds is 2. The molecule has 1 amide bonds. The molecule has 7 heteroatoms. The summed E-state index contributed by atoms with van der Waals surface area (Å²) in [5, 5.41) is 0.659. The Bertz CT molecular complexity index is 504. The molecular formula is C12H10Br2F3NO. The number of benzene rings is 1. The Morgan fingerprint density at radius 3 is 2.58 bits per heavy atom. The van der Waals surface area contributed by atoms with Crippen molar-refractivity contribution in [3.8, 4) is 0 Å². The van der Waals surface area contributed by atoms with Crippen LogP contribution in [-0.4, -0.2) is 17.8 Å². The van der Waals surface area contributed by atoms with Crippen LogP contribution in [0.4, 0.5) is 18.9 Å². The van der Waals surface area contributed by atoms with Crippen molar-refractivity contribution in [3.63, 3.8) is 0 Å². The van der Waals surface area contributed by atoms with E-state index in [2.05, 4.69) is 31.9 Å². The minimum Gasteiger partial charge on any atom is -0.311 e. The molecule has 1 fully saturated rings. The Morgan fingerprint density at radius 2 is 2.05 bits per heavy atom. The van der Waals surface area contributed by atoms with Gasteiger partial charge in [-0.2, -0.15) is 13.2 Å². The quantitative estimate of drug-likeness (QED) is 0.681. The molecule has 0 spiro atoms. The van der Waals surface area contributed by atoms with Crippen molar-refractivity contribution in [2.45, 2.75) is 12.6 Å². The number of alkyl halides is 4. The SMILES string of the molecule is O=C1CC(CBr)CN1c1cc(C(F)(F)F)ccc1Br. The summed E-state index contributed by atoms with van der Waals surface area (Å²) < 4.78 is 38.6. The molecule has 1 aliphatic heterocycles. The highest BCUT2D eigenvalue weighted by atomic mass is 79.9. The number of carbonyl (C=O) groups excluding carboxylic acids is 1. The van der Waals surface area contributed by atoms with Gasteiger partial charge in [0, 0.05) is 22.8 Å². The van der Waals surface area contributed by atoms with E-state index in [0.717, 1.165) is 12.1 Å². The topological polar surface area (TPSA) is 20.3 Å². The maximum atomic E-state index is 12.7. The Morgan fingerprint density at radius 1 is 1.37 bits per heavy atom. The fraction of sp³-hybridized carbons (Fsp3) is 0.417. The minimum atomic E-state index is -4.41. The van der Waals surface area contributed by atoms with Crippen LogP contribution in [0.3, 0.4) is 0 Å². The van der Waals surface area contributed by atoms with Crippen LogP contribution in [0.15, 0.2) is 22.7 Å². The van der Waals surface area contributed by atoms with Crippen LogP contribution in [0.2, 0.25) is 0 Å². The normalized spacial score (nSPS) is 20.2. The lowest BCUT2D eigenvalue weighted by molar-refractivity contribution is -0.137. The van der Waals surface area contributed by atoms with Crippen molar-refractivity contribution in [2.75, 3.05) is 16.8 Å². The van der Waals surface area contributed by atoms with E-state index in [1.165, 1.54) is 11.0 Å². The summed E-state index contributed by atoms with van der Waals surface area (Å²) in [4.78, 5) is 13.3. The Balaban J connectivity index is 2.37. The second-order valence-corrected chi connectivity index (χ2v) is 5.89. The predicted molar refractivity (Wildman–Crippen MR) is 73.4 cm³/mol. The molecule has 19 heavy (non-hydrogen) atoms. The van der Waals surface area contributed by atoms with Gasteiger partial charge in [-0.1, -0.05) is 15.9 Å². The molecule has 1 heterocycles. The molecule has 0 N–H and O–H groups in total. The van der Waals surface area contributed by atoms with Crippen LogP contribution >= 0.6 is 31.9 Å². The lowest BCUT2D eigenvalue weighted by Gasteiger charge is -2.20. The number of hydrogen-bond acceptors (Lipinski definition) is 1. The smallest absolute Gasteiger partial charge is 0.311 e. The van der Waals surface area contributed by atoms with Crippen LogP contribution in [0.1, 0.15) is 12.0 Å². The first kappa shape index (κ1) is 14.8. The van der Waals surface area contributed by atoms with Gasteiger partial charge in [0.1, 0.15) is 0 Å². The zero-order valence-electron chi connectivity index (χ0n) is 9.68. The molecule has 0 aliphatic carbocycles. The first-order chi connectivity index (χ1) is 8.82. The van der Waals surface area contributed by atoms with E-state index in [1.54, 1.807) is 0 Å². The predicted octanol–water partition coefficient (Wildman–Crippen LogP) is 4.22. The van der Waals surface area contributed by atoms with Gasteiger partial charge in [0.05, 0.1) is 11.3 Å². The van der Waals surface area contributed by atoms with Crippen molar-refractivity contribution in [1.29, 1.82) is 0 Å². The van der Waals surface area contributed by atoms with Gasteiger partial charge in [-0.25, -0.2) is 0 Å². The Labute approximate surface area is 125 Å². The zero-order chi connectivity index (χ0) is 14.2. The number of amides is 1. The maximum absolute atomic E-state index is 12.7. The minimum absolute atomic E-state index is 0.133. The maximum Gasteiger partial charge on any atom is 0.416 e. The third-order valence-corrected chi connectivity index (χ3v) is 4.57. The van der Waals surface area contributed by atoms with Crippen LogP contribution < -0.4 is 4.90 Å². The number of hydrogen-bond donors (Lipinski definition) is 0. The second kappa shape index (κ2) is 5.44. The van der Waals surface area contributed by atoms with Gasteiger partial charge < -0.3 is 4.90 Å². The van der Waals surface area contributed by atoms with Crippen LogP contribution in [0.5, 0.6) is 0 Å². The number of nitrogens with zero attached hydrogens (tertiary/aromatic N) is 1. The first-order valence-electron chi connectivity index (χ1n) is 5.56. The third kappa shape index (κ3) is 3.13. The molecule has 0 bridgehead atoms. The van der Waals surface area contributed by atoms with Crippen molar-refractivity contribution < 1.29 is 18.0 Å². The molecule has 104 valence electrons. The summed E-state index contributed by atoms with van der Waals surface area (Å²) in [6.07, 6.45) is -4.05. The summed E-state index contributed by atoms with van der Waals surface area (Å²) in [7, 11) is 0. The lowest BCUT2D eigenvalue weighted by Crippen LogP contribution is -2.25. The molecule has 1 aromatic carbocycles. The fourth-order valence-corrected chi connectivity index (χ4v) is 2.91. The van der Waals surface area contributed by atoms with Crippen molar-refractivity contribution in [3.05, 3.63) is 28.2 Å². The average Bonchev–Trinajstić information content (AvgIpc) is 2.69. The van der Waals surface area contributed by atoms with Crippen molar-refractivity contribution >= 4 is 43.5 Å². The molecule has 2 nitrogen and oxygen atoms in total. The van der Waals surface area contributed by atoms with Gasteiger partial charge in [0.2, 0.25) is 5.91 Å². The number of anilines is 1. The highest BCUT2D eigenvalue weighted by Gasteiger charge is 2.34. The fourth-order valence-electron chi connectivity index (χ4n) is 2.01. The lowest BCUT2D eigenvalue weighted by atomic mass is 10.1. The van der Waals surface area contributed by atoms with Gasteiger partial charge in [0.15, 0.2) is 0 Å². The molecule has 0 aromatic heterocycles. The molecule has 1 saturated heterocycles. The van der Waals surface area contributed by atoms with Gasteiger partial charge in [-0.05, 0) is 40.0 Å². The van der Waals surface area contributed by atoms with Crippen molar-refractivity contribution in [2.24, 2.45) is 5.92 Å². The standard InChI is InChI=1S/C12H10Br2F3NO/c13-5-7-3-11(19)18(6-7)10-4-8(12(15,16)17)1-2-9(10)14/h1-2,4,7H,3,5-6H2. The van der Waals surface area contributed by atoms with E-state index >= 15 is 0 Å². The summed E-state index contributed by atoms with van der Waals surface area (Å²) in [6.45, 7) is 0.435. The zero-order valence-corrected chi connectivity index (χ0v) is 12.8. The monoisotopic (exact) mass is 399 g/mol. The largest absolute Gasteiger partial charge is 0.416 e. The van der Waals surface area contributed by atoms with Gasteiger partial charge in [-0.15, -0.1) is 0 Å². The molecule has 1 atom stereocenters. The molecule has 1 aromatic rings. The molecule has 0 radical (unpaired) electrons. The Hall–Kier alpha value is -0.560. The highest BCUT2D eigenvalue weighted by molar-refractivity contribution is 9.10. The summed E-state index contributed by atoms with van der Waals surface area (Å²) in [5.41, 5.74) is -0.468. The van der Waals surface area contributed by atoms with E-state index in [1.807, 2.05) is 0 Å². The molecule has 2 rings (SSSR count). The summed E-state index contributed by atoms with van der Waals surface area (Å²) in [6, 6.07) is 3.33. The average molecular weight is 401 g/mol. The molecule has 1 aliphatic rings. The number of carbonyl (C=O) groups is 1. The summed E-state index contributed by atoms with van der Waals surface area (Å²) >= 11 is 6.50. The summed E-state index contributed by atoms with van der Waals surface area (Å²) in [5.74, 6) is -0.0154. The third-order valence-electron chi connectivity index (χ3n) is 2.99. The van der Waals surface area contributed by atoms with E-state index in [9.17, 15) is 18.0 Å². The molecule has 0 saturated carbocycles. The highest BCUT2D eigenvalue weighted by Crippen LogP contribution is 2.37. The Kier molecular flexibility index (Phi) is 4.25. The van der Waals surface area contributed by atoms with E-state index in [4.69, 9.17) is 0 Å². The molecular weight excluding hydrogens is 391 g/mol. The van der Waals surface area contributed by atoms with Crippen molar-refractivity contribution in [1.82, 2.24) is 0 Å². The van der Waals surface area contributed by atoms with E-state index in [0.29, 0.717) is 22.8 Å². The second-order valence-electron chi connectivity index (χ2n) is 4.39. The van der Waals surface area contributed by atoms with Gasteiger partial charge >= 0.3 is 6.18 Å². The molecule has 1 unspecified atom stereocenters.